The van der Waals surface area contributed by atoms with E-state index in [0.29, 0.717) is 31.7 Å². The van der Waals surface area contributed by atoms with E-state index >= 15 is 0 Å². The smallest absolute Gasteiger partial charge is 0.272 e. The molecule has 2 N–H and O–H groups in total. The summed E-state index contributed by atoms with van der Waals surface area (Å²) in [5.74, 6) is -0.147. The fourth-order valence-corrected chi connectivity index (χ4v) is 1.84. The van der Waals surface area contributed by atoms with Crippen LogP contribution in [0, 0.1) is 0 Å². The molecule has 18 heavy (non-hydrogen) atoms. The Hall–Kier alpha value is -2.11. The second-order valence-electron chi connectivity index (χ2n) is 4.07. The van der Waals surface area contributed by atoms with Crippen molar-refractivity contribution in [2.75, 3.05) is 32.0 Å². The number of pyridine rings is 1. The third-order valence-electron chi connectivity index (χ3n) is 2.87. The first-order chi connectivity index (χ1) is 8.70. The molecule has 0 unspecified atom stereocenters. The topological polar surface area (TPSA) is 74.3 Å². The molecule has 0 aliphatic carbocycles. The van der Waals surface area contributed by atoms with Crippen molar-refractivity contribution < 1.29 is 9.59 Å². The molecule has 1 aromatic heterocycles. The molecule has 1 fully saturated rings. The van der Waals surface area contributed by atoms with Gasteiger partial charge in [0.25, 0.3) is 5.91 Å². The summed E-state index contributed by atoms with van der Waals surface area (Å²) in [6, 6.07) is 3.51. The van der Waals surface area contributed by atoms with Crippen molar-refractivity contribution >= 4 is 17.5 Å². The van der Waals surface area contributed by atoms with Gasteiger partial charge in [0, 0.05) is 45.0 Å². The van der Waals surface area contributed by atoms with Crippen molar-refractivity contribution in [2.24, 2.45) is 0 Å². The minimum atomic E-state index is -0.136. The highest BCUT2D eigenvalue weighted by atomic mass is 16.2. The Bertz CT molecular complexity index is 461. The summed E-state index contributed by atoms with van der Waals surface area (Å²) in [6.07, 6.45) is 1.94. The first-order valence-corrected chi connectivity index (χ1v) is 5.90. The predicted octanol–water partition coefficient (Wildman–Crippen LogP) is 0.0854. The highest BCUT2D eigenvalue weighted by molar-refractivity contribution is 5.93. The Morgan fingerprint density at radius 1 is 1.50 bits per heavy atom. The number of nitrogens with one attached hydrogen (secondary N) is 2. The lowest BCUT2D eigenvalue weighted by Crippen LogP contribution is -2.34. The summed E-state index contributed by atoms with van der Waals surface area (Å²) in [6.45, 7) is 1.46. The molecule has 96 valence electrons. The SMILES string of the molecule is CNc1ccnc(C(=O)N2CCNC(=O)CC2)c1. The number of hydrogen-bond acceptors (Lipinski definition) is 4. The lowest BCUT2D eigenvalue weighted by atomic mass is 10.2. The van der Waals surface area contributed by atoms with Gasteiger partial charge in [0.15, 0.2) is 0 Å². The van der Waals surface area contributed by atoms with E-state index < -0.39 is 0 Å². The highest BCUT2D eigenvalue weighted by Gasteiger charge is 2.20. The standard InChI is InChI=1S/C12H16N4O2/c1-13-9-2-4-14-10(8-9)12(18)16-6-3-11(17)15-5-7-16/h2,4,8H,3,5-7H2,1H3,(H,13,14)(H,15,17). The van der Waals surface area contributed by atoms with Crippen LogP contribution >= 0.6 is 0 Å². The zero-order valence-electron chi connectivity index (χ0n) is 10.3. The first kappa shape index (κ1) is 12.3. The van der Waals surface area contributed by atoms with Gasteiger partial charge >= 0.3 is 0 Å². The minimum absolute atomic E-state index is 0.0118. The molecule has 6 heteroatoms. The Morgan fingerprint density at radius 2 is 2.33 bits per heavy atom. The monoisotopic (exact) mass is 248 g/mol. The molecule has 0 bridgehead atoms. The maximum Gasteiger partial charge on any atom is 0.272 e. The molecule has 0 atom stereocenters. The van der Waals surface area contributed by atoms with Gasteiger partial charge in [0.2, 0.25) is 5.91 Å². The number of carbonyl (C=O) groups is 2. The molecule has 1 aliphatic rings. The van der Waals surface area contributed by atoms with Gasteiger partial charge in [-0.25, -0.2) is 0 Å². The number of anilines is 1. The van der Waals surface area contributed by atoms with Crippen LogP contribution in [0.4, 0.5) is 5.69 Å². The van der Waals surface area contributed by atoms with Crippen LogP contribution in [0.15, 0.2) is 18.3 Å². The van der Waals surface area contributed by atoms with Crippen LogP contribution in [0.1, 0.15) is 16.9 Å². The largest absolute Gasteiger partial charge is 0.388 e. The van der Waals surface area contributed by atoms with Crippen LogP contribution in [0.3, 0.4) is 0 Å². The van der Waals surface area contributed by atoms with Gasteiger partial charge in [-0.3, -0.25) is 14.6 Å². The number of hydrogen-bond donors (Lipinski definition) is 2. The summed E-state index contributed by atoms with van der Waals surface area (Å²) in [5, 5.41) is 5.71. The van der Waals surface area contributed by atoms with Crippen LogP contribution < -0.4 is 10.6 Å². The molecule has 6 nitrogen and oxygen atoms in total. The number of amides is 2. The lowest BCUT2D eigenvalue weighted by molar-refractivity contribution is -0.120. The van der Waals surface area contributed by atoms with E-state index in [1.165, 1.54) is 0 Å². The Balaban J connectivity index is 2.12. The third kappa shape index (κ3) is 2.77. The minimum Gasteiger partial charge on any atom is -0.388 e. The van der Waals surface area contributed by atoms with Gasteiger partial charge in [-0.05, 0) is 12.1 Å². The second-order valence-corrected chi connectivity index (χ2v) is 4.07. The van der Waals surface area contributed by atoms with Gasteiger partial charge in [0.05, 0.1) is 0 Å². The van der Waals surface area contributed by atoms with E-state index in [9.17, 15) is 9.59 Å². The van der Waals surface area contributed by atoms with E-state index in [-0.39, 0.29) is 11.8 Å². The van der Waals surface area contributed by atoms with E-state index in [1.807, 2.05) is 0 Å². The third-order valence-corrected chi connectivity index (χ3v) is 2.87. The van der Waals surface area contributed by atoms with E-state index in [4.69, 9.17) is 0 Å². The van der Waals surface area contributed by atoms with Crippen LogP contribution in [0.5, 0.6) is 0 Å². The van der Waals surface area contributed by atoms with Crippen molar-refractivity contribution in [1.29, 1.82) is 0 Å². The van der Waals surface area contributed by atoms with Gasteiger partial charge in [-0.2, -0.15) is 0 Å². The van der Waals surface area contributed by atoms with Gasteiger partial charge in [-0.15, -0.1) is 0 Å². The van der Waals surface area contributed by atoms with Crippen molar-refractivity contribution in [3.05, 3.63) is 24.0 Å². The Morgan fingerprint density at radius 3 is 3.11 bits per heavy atom. The van der Waals surface area contributed by atoms with E-state index in [1.54, 1.807) is 30.3 Å². The zero-order valence-corrected chi connectivity index (χ0v) is 10.3. The Labute approximate surface area is 105 Å². The molecule has 0 spiro atoms. The lowest BCUT2D eigenvalue weighted by Gasteiger charge is -2.19. The van der Waals surface area contributed by atoms with Crippen molar-refractivity contribution in [3.63, 3.8) is 0 Å². The fourth-order valence-electron chi connectivity index (χ4n) is 1.84. The maximum absolute atomic E-state index is 12.2. The summed E-state index contributed by atoms with van der Waals surface area (Å²) in [5.41, 5.74) is 1.24. The molecular formula is C12H16N4O2. The maximum atomic E-state index is 12.2. The summed E-state index contributed by atoms with van der Waals surface area (Å²) in [7, 11) is 1.79. The van der Waals surface area contributed by atoms with Crippen LogP contribution in [-0.4, -0.2) is 48.4 Å². The average molecular weight is 248 g/mol. The molecule has 0 radical (unpaired) electrons. The number of carbonyl (C=O) groups excluding carboxylic acids is 2. The molecule has 2 rings (SSSR count). The highest BCUT2D eigenvalue weighted by Crippen LogP contribution is 2.10. The zero-order chi connectivity index (χ0) is 13.0. The quantitative estimate of drug-likeness (QED) is 0.777. The van der Waals surface area contributed by atoms with Crippen LogP contribution in [0.2, 0.25) is 0 Å². The average Bonchev–Trinajstić information content (AvgIpc) is 2.63. The normalized spacial score (nSPS) is 15.8. The molecule has 0 aromatic carbocycles. The van der Waals surface area contributed by atoms with Gasteiger partial charge in [0.1, 0.15) is 5.69 Å². The van der Waals surface area contributed by atoms with E-state index in [0.717, 1.165) is 5.69 Å². The summed E-state index contributed by atoms with van der Waals surface area (Å²) in [4.78, 5) is 29.2. The molecule has 1 saturated heterocycles. The van der Waals surface area contributed by atoms with Crippen molar-refractivity contribution in [2.45, 2.75) is 6.42 Å². The Kier molecular flexibility index (Phi) is 3.76. The summed E-state index contributed by atoms with van der Waals surface area (Å²) >= 11 is 0. The second kappa shape index (κ2) is 5.48. The fraction of sp³-hybridized carbons (Fsp3) is 0.417. The van der Waals surface area contributed by atoms with E-state index in [2.05, 4.69) is 15.6 Å². The predicted molar refractivity (Wildman–Crippen MR) is 67.3 cm³/mol. The number of nitrogens with zero attached hydrogens (tertiary/aromatic N) is 2. The number of rotatable bonds is 2. The van der Waals surface area contributed by atoms with Gasteiger partial charge < -0.3 is 15.5 Å². The molecule has 2 heterocycles. The van der Waals surface area contributed by atoms with Crippen LogP contribution in [-0.2, 0) is 4.79 Å². The molecule has 0 saturated carbocycles. The molecule has 1 aromatic rings. The summed E-state index contributed by atoms with van der Waals surface area (Å²) < 4.78 is 0. The molecule has 1 aliphatic heterocycles. The van der Waals surface area contributed by atoms with Crippen molar-refractivity contribution in [1.82, 2.24) is 15.2 Å². The number of aromatic nitrogens is 1. The first-order valence-electron chi connectivity index (χ1n) is 5.90. The van der Waals surface area contributed by atoms with Crippen LogP contribution in [0.25, 0.3) is 0 Å². The van der Waals surface area contributed by atoms with Gasteiger partial charge in [-0.1, -0.05) is 0 Å². The molecule has 2 amide bonds. The molecular weight excluding hydrogens is 232 g/mol. The van der Waals surface area contributed by atoms with Crippen molar-refractivity contribution in [3.8, 4) is 0 Å².